The number of nitrogens with one attached hydrogen (secondary N) is 3. The first-order valence-corrected chi connectivity index (χ1v) is 9.06. The van der Waals surface area contributed by atoms with Gasteiger partial charge in [0.1, 0.15) is 11.6 Å². The smallest absolute Gasteiger partial charge is 0.315 e. The molecule has 0 saturated carbocycles. The van der Waals surface area contributed by atoms with Gasteiger partial charge in [-0.2, -0.15) is 0 Å². The van der Waals surface area contributed by atoms with E-state index < -0.39 is 0 Å². The van der Waals surface area contributed by atoms with Crippen molar-refractivity contribution in [3.05, 3.63) is 95.8 Å². The van der Waals surface area contributed by atoms with Gasteiger partial charge in [-0.3, -0.25) is 0 Å². The highest BCUT2D eigenvalue weighted by Crippen LogP contribution is 2.30. The first-order chi connectivity index (χ1) is 13.7. The van der Waals surface area contributed by atoms with Gasteiger partial charge in [0, 0.05) is 29.6 Å². The van der Waals surface area contributed by atoms with E-state index in [4.69, 9.17) is 4.42 Å². The molecule has 0 aliphatic heterocycles. The Morgan fingerprint density at radius 1 is 1.04 bits per heavy atom. The molecule has 0 radical (unpaired) electrons. The number of aromatic amines is 1. The molecule has 2 amide bonds. The van der Waals surface area contributed by atoms with Gasteiger partial charge in [-0.15, -0.1) is 0 Å². The highest BCUT2D eigenvalue weighted by molar-refractivity contribution is 5.84. The number of carbonyl (C=O) groups excluding carboxylic acids is 1. The summed E-state index contributed by atoms with van der Waals surface area (Å²) in [7, 11) is 0. The Morgan fingerprint density at radius 3 is 2.64 bits per heavy atom. The van der Waals surface area contributed by atoms with Gasteiger partial charge in [0.15, 0.2) is 0 Å². The van der Waals surface area contributed by atoms with Gasteiger partial charge < -0.3 is 20.0 Å². The highest BCUT2D eigenvalue weighted by atomic mass is 19.1. The van der Waals surface area contributed by atoms with Gasteiger partial charge in [0.25, 0.3) is 0 Å². The molecule has 6 heteroatoms. The van der Waals surface area contributed by atoms with Gasteiger partial charge in [-0.25, -0.2) is 9.18 Å². The molecular weight excluding hydrogens is 357 g/mol. The van der Waals surface area contributed by atoms with Crippen molar-refractivity contribution in [1.82, 2.24) is 15.6 Å². The lowest BCUT2D eigenvalue weighted by molar-refractivity contribution is 0.239. The molecule has 2 aromatic carbocycles. The lowest BCUT2D eigenvalue weighted by atomic mass is 9.91. The Hall–Kier alpha value is -3.54. The van der Waals surface area contributed by atoms with E-state index in [2.05, 4.69) is 15.6 Å². The molecule has 0 aliphatic carbocycles. The van der Waals surface area contributed by atoms with E-state index in [0.717, 1.165) is 22.0 Å². The maximum absolute atomic E-state index is 13.4. The Kier molecular flexibility index (Phi) is 5.10. The molecule has 0 spiro atoms. The predicted molar refractivity (Wildman–Crippen MR) is 105 cm³/mol. The van der Waals surface area contributed by atoms with Crippen molar-refractivity contribution in [2.75, 3.05) is 6.54 Å². The van der Waals surface area contributed by atoms with Crippen molar-refractivity contribution < 1.29 is 13.6 Å². The summed E-state index contributed by atoms with van der Waals surface area (Å²) in [6.07, 6.45) is 3.51. The average Bonchev–Trinajstić information content (AvgIpc) is 3.38. The van der Waals surface area contributed by atoms with Crippen LogP contribution >= 0.6 is 0 Å². The number of amides is 2. The Morgan fingerprint density at radius 2 is 1.86 bits per heavy atom. The number of halogens is 1. The summed E-state index contributed by atoms with van der Waals surface area (Å²) >= 11 is 0. The second-order valence-electron chi connectivity index (χ2n) is 6.54. The van der Waals surface area contributed by atoms with Crippen LogP contribution in [0.2, 0.25) is 0 Å². The third kappa shape index (κ3) is 3.91. The molecule has 0 unspecified atom stereocenters. The number of urea groups is 1. The molecular formula is C22H20FN3O2. The normalized spacial score (nSPS) is 12.0. The second kappa shape index (κ2) is 8.00. The van der Waals surface area contributed by atoms with Crippen molar-refractivity contribution in [1.29, 1.82) is 0 Å². The quantitative estimate of drug-likeness (QED) is 0.462. The van der Waals surface area contributed by atoms with Crippen molar-refractivity contribution in [2.24, 2.45) is 0 Å². The molecule has 2 heterocycles. The summed E-state index contributed by atoms with van der Waals surface area (Å²) in [4.78, 5) is 15.5. The third-order valence-electron chi connectivity index (χ3n) is 4.74. The number of hydrogen-bond acceptors (Lipinski definition) is 2. The molecule has 4 rings (SSSR count). The molecule has 4 aromatic rings. The summed E-state index contributed by atoms with van der Waals surface area (Å²) in [5.41, 5.74) is 3.00. The minimum Gasteiger partial charge on any atom is -0.467 e. The van der Waals surface area contributed by atoms with E-state index in [0.29, 0.717) is 18.8 Å². The maximum Gasteiger partial charge on any atom is 0.315 e. The standard InChI is InChI=1S/C22H20FN3O2/c23-16-9-7-15(8-10-16)19(20-14-24-21-6-2-1-5-18(20)21)13-26-22(27)25-12-17-4-3-11-28-17/h1-11,14,19,24H,12-13H2,(H2,25,26,27)/t19-/m0/s1. The van der Waals surface area contributed by atoms with Crippen LogP contribution in [0.4, 0.5) is 9.18 Å². The van der Waals surface area contributed by atoms with E-state index in [1.165, 1.54) is 12.1 Å². The van der Waals surface area contributed by atoms with E-state index in [9.17, 15) is 9.18 Å². The Labute approximate surface area is 161 Å². The fraction of sp³-hybridized carbons (Fsp3) is 0.136. The molecule has 2 aromatic heterocycles. The number of hydrogen-bond donors (Lipinski definition) is 3. The Balaban J connectivity index is 1.53. The van der Waals surface area contributed by atoms with Crippen LogP contribution in [0.15, 0.2) is 77.5 Å². The summed E-state index contributed by atoms with van der Waals surface area (Å²) < 4.78 is 18.6. The van der Waals surface area contributed by atoms with Crippen LogP contribution in [0, 0.1) is 5.82 Å². The minimum absolute atomic E-state index is 0.119. The largest absolute Gasteiger partial charge is 0.467 e. The van der Waals surface area contributed by atoms with E-state index in [1.807, 2.05) is 30.5 Å². The summed E-state index contributed by atoms with van der Waals surface area (Å²) in [6.45, 7) is 0.685. The van der Waals surface area contributed by atoms with Crippen molar-refractivity contribution in [2.45, 2.75) is 12.5 Å². The second-order valence-corrected chi connectivity index (χ2v) is 6.54. The number of H-pyrrole nitrogens is 1. The molecule has 0 bridgehead atoms. The topological polar surface area (TPSA) is 70.1 Å². The minimum atomic E-state index is -0.289. The van der Waals surface area contributed by atoms with Crippen molar-refractivity contribution >= 4 is 16.9 Å². The van der Waals surface area contributed by atoms with Gasteiger partial charge in [0.2, 0.25) is 0 Å². The monoisotopic (exact) mass is 377 g/mol. The van der Waals surface area contributed by atoms with Gasteiger partial charge >= 0.3 is 6.03 Å². The SMILES string of the molecule is O=C(NCc1ccco1)NC[C@@H](c1ccc(F)cc1)c1c[nH]c2ccccc12. The predicted octanol–water partition coefficient (Wildman–Crippen LogP) is 4.53. The lowest BCUT2D eigenvalue weighted by Crippen LogP contribution is -2.37. The average molecular weight is 377 g/mol. The van der Waals surface area contributed by atoms with E-state index >= 15 is 0 Å². The van der Waals surface area contributed by atoms with Gasteiger partial charge in [-0.05, 0) is 41.5 Å². The number of fused-ring (bicyclic) bond motifs is 1. The summed E-state index contributed by atoms with van der Waals surface area (Å²) in [5, 5.41) is 6.76. The van der Waals surface area contributed by atoms with Crippen LogP contribution < -0.4 is 10.6 Å². The lowest BCUT2D eigenvalue weighted by Gasteiger charge is -2.18. The van der Waals surface area contributed by atoms with E-state index in [-0.39, 0.29) is 17.8 Å². The van der Waals surface area contributed by atoms with Crippen LogP contribution in [-0.4, -0.2) is 17.6 Å². The fourth-order valence-electron chi connectivity index (χ4n) is 3.32. The maximum atomic E-state index is 13.4. The molecule has 28 heavy (non-hydrogen) atoms. The van der Waals surface area contributed by atoms with Gasteiger partial charge in [-0.1, -0.05) is 30.3 Å². The van der Waals surface area contributed by atoms with Crippen LogP contribution in [0.1, 0.15) is 22.8 Å². The van der Waals surface area contributed by atoms with Crippen LogP contribution in [0.5, 0.6) is 0 Å². The molecule has 142 valence electrons. The first kappa shape index (κ1) is 17.9. The number of carbonyl (C=O) groups is 1. The number of para-hydroxylation sites is 1. The third-order valence-corrected chi connectivity index (χ3v) is 4.74. The zero-order valence-corrected chi connectivity index (χ0v) is 15.1. The first-order valence-electron chi connectivity index (χ1n) is 9.06. The van der Waals surface area contributed by atoms with Crippen molar-refractivity contribution in [3.8, 4) is 0 Å². The molecule has 0 saturated heterocycles. The zero-order chi connectivity index (χ0) is 19.3. The van der Waals surface area contributed by atoms with Crippen molar-refractivity contribution in [3.63, 3.8) is 0 Å². The fourth-order valence-corrected chi connectivity index (χ4v) is 3.32. The zero-order valence-electron chi connectivity index (χ0n) is 15.1. The molecule has 5 nitrogen and oxygen atoms in total. The number of furan rings is 1. The number of benzene rings is 2. The Bertz CT molecular complexity index is 1060. The highest BCUT2D eigenvalue weighted by Gasteiger charge is 2.19. The molecule has 0 aliphatic rings. The van der Waals surface area contributed by atoms with Crippen LogP contribution in [0.3, 0.4) is 0 Å². The summed E-state index contributed by atoms with van der Waals surface area (Å²) in [6, 6.07) is 17.7. The number of rotatable bonds is 6. The van der Waals surface area contributed by atoms with Gasteiger partial charge in [0.05, 0.1) is 12.8 Å². The molecule has 0 fully saturated rings. The molecule has 1 atom stereocenters. The molecule has 3 N–H and O–H groups in total. The van der Waals surface area contributed by atoms with E-state index in [1.54, 1.807) is 30.5 Å². The number of aromatic nitrogens is 1. The summed E-state index contributed by atoms with van der Waals surface area (Å²) in [5.74, 6) is 0.276. The van der Waals surface area contributed by atoms with Crippen LogP contribution in [0.25, 0.3) is 10.9 Å². The van der Waals surface area contributed by atoms with Crippen LogP contribution in [-0.2, 0) is 6.54 Å².